The van der Waals surface area contributed by atoms with Gasteiger partial charge in [0, 0.05) is 23.6 Å². The minimum Gasteiger partial charge on any atom is -0.459 e. The smallest absolute Gasteiger partial charge is 0.411 e. The molecule has 0 bridgehead atoms. The summed E-state index contributed by atoms with van der Waals surface area (Å²) in [5.41, 5.74) is 1.96. The summed E-state index contributed by atoms with van der Waals surface area (Å²) in [4.78, 5) is 38.4. The van der Waals surface area contributed by atoms with Gasteiger partial charge in [0.25, 0.3) is 0 Å². The zero-order valence-corrected chi connectivity index (χ0v) is 17.5. The highest BCUT2D eigenvalue weighted by Crippen LogP contribution is 2.24. The van der Waals surface area contributed by atoms with Crippen LogP contribution in [0.5, 0.6) is 0 Å². The lowest BCUT2D eigenvalue weighted by Gasteiger charge is -2.27. The number of nitrogens with zero attached hydrogens (tertiary/aromatic N) is 1. The molecule has 156 valence electrons. The van der Waals surface area contributed by atoms with Crippen LogP contribution in [-0.4, -0.2) is 35.2 Å². The van der Waals surface area contributed by atoms with Gasteiger partial charge >= 0.3 is 17.7 Å². The van der Waals surface area contributed by atoms with Crippen molar-refractivity contribution in [2.75, 3.05) is 6.54 Å². The molecule has 1 saturated heterocycles. The first kappa shape index (κ1) is 20.9. The third kappa shape index (κ3) is 4.78. The van der Waals surface area contributed by atoms with Gasteiger partial charge in [-0.2, -0.15) is 0 Å². The molecule has 3 rings (SSSR count). The number of aryl methyl sites for hydroxylation is 2. The highest BCUT2D eigenvalue weighted by Gasteiger charge is 2.37. The lowest BCUT2D eigenvalue weighted by Crippen LogP contribution is -2.44. The van der Waals surface area contributed by atoms with Gasteiger partial charge in [0.05, 0.1) is 0 Å². The molecule has 0 saturated carbocycles. The molecule has 0 spiro atoms. The summed E-state index contributed by atoms with van der Waals surface area (Å²) < 4.78 is 16.1. The van der Waals surface area contributed by atoms with Crippen LogP contribution in [-0.2, 0) is 20.9 Å². The fourth-order valence-electron chi connectivity index (χ4n) is 3.40. The Bertz CT molecular complexity index is 1000. The van der Waals surface area contributed by atoms with Crippen LogP contribution in [0.3, 0.4) is 0 Å². The molecule has 7 nitrogen and oxygen atoms in total. The second-order valence-electron chi connectivity index (χ2n) is 8.46. The maximum absolute atomic E-state index is 12.7. The number of ether oxygens (including phenoxy) is 2. The number of esters is 1. The predicted molar refractivity (Wildman–Crippen MR) is 108 cm³/mol. The van der Waals surface area contributed by atoms with E-state index in [1.54, 1.807) is 26.8 Å². The van der Waals surface area contributed by atoms with Crippen LogP contribution < -0.4 is 5.63 Å². The predicted octanol–water partition coefficient (Wildman–Crippen LogP) is 3.85. The van der Waals surface area contributed by atoms with E-state index in [1.807, 2.05) is 19.9 Å². The summed E-state index contributed by atoms with van der Waals surface area (Å²) in [6, 6.07) is 4.38. The van der Waals surface area contributed by atoms with Crippen molar-refractivity contribution >= 4 is 23.0 Å². The second kappa shape index (κ2) is 7.89. The van der Waals surface area contributed by atoms with Gasteiger partial charge in [-0.15, -0.1) is 0 Å². The Balaban J connectivity index is 1.76. The number of carbonyl (C=O) groups excluding carboxylic acids is 2. The third-order valence-corrected chi connectivity index (χ3v) is 4.97. The van der Waals surface area contributed by atoms with Crippen LogP contribution in [0.1, 0.15) is 50.3 Å². The van der Waals surface area contributed by atoms with Gasteiger partial charge in [-0.25, -0.2) is 14.4 Å². The van der Waals surface area contributed by atoms with E-state index in [9.17, 15) is 14.4 Å². The molecule has 1 amide bonds. The average molecular weight is 401 g/mol. The van der Waals surface area contributed by atoms with E-state index in [4.69, 9.17) is 13.9 Å². The number of amides is 1. The quantitative estimate of drug-likeness (QED) is 0.574. The molecule has 1 atom stereocenters. The molecule has 0 radical (unpaired) electrons. The Labute approximate surface area is 169 Å². The topological polar surface area (TPSA) is 86.0 Å². The molecule has 0 aliphatic carbocycles. The molecule has 0 unspecified atom stereocenters. The fourth-order valence-corrected chi connectivity index (χ4v) is 3.40. The van der Waals surface area contributed by atoms with Crippen molar-refractivity contribution in [1.82, 2.24) is 4.90 Å². The summed E-state index contributed by atoms with van der Waals surface area (Å²) in [6.45, 7) is 9.63. The molecule has 1 fully saturated rings. The molecule has 1 aromatic heterocycles. The third-order valence-electron chi connectivity index (χ3n) is 4.97. The summed E-state index contributed by atoms with van der Waals surface area (Å²) >= 11 is 0. The van der Waals surface area contributed by atoms with Gasteiger partial charge in [0.15, 0.2) is 0 Å². The molecular weight excluding hydrogens is 374 g/mol. The molecule has 1 aromatic carbocycles. The number of hydrogen-bond acceptors (Lipinski definition) is 6. The van der Waals surface area contributed by atoms with Gasteiger partial charge in [0.2, 0.25) is 0 Å². The molecule has 29 heavy (non-hydrogen) atoms. The SMILES string of the molecule is Cc1cc2oc(=O)cc(COC(=O)[C@@H]3CCCN3C(=O)OC(C)(C)C)c2cc1C. The molecule has 2 aromatic rings. The fraction of sp³-hybridized carbons (Fsp3) is 0.500. The Hall–Kier alpha value is -2.83. The highest BCUT2D eigenvalue weighted by atomic mass is 16.6. The van der Waals surface area contributed by atoms with Crippen molar-refractivity contribution in [3.8, 4) is 0 Å². The lowest BCUT2D eigenvalue weighted by atomic mass is 10.0. The van der Waals surface area contributed by atoms with E-state index in [0.29, 0.717) is 30.5 Å². The molecule has 2 heterocycles. The van der Waals surface area contributed by atoms with Crippen LogP contribution >= 0.6 is 0 Å². The summed E-state index contributed by atoms with van der Waals surface area (Å²) in [6.07, 6.45) is 0.706. The maximum atomic E-state index is 12.7. The standard InChI is InChI=1S/C22H27NO6/c1-13-9-16-15(11-19(24)28-18(16)10-14(13)2)12-27-20(25)17-7-6-8-23(17)21(26)29-22(3,4)5/h9-11,17H,6-8,12H2,1-5H3/t17-/m0/s1. The first-order valence-electron chi connectivity index (χ1n) is 9.75. The second-order valence-corrected chi connectivity index (χ2v) is 8.46. The largest absolute Gasteiger partial charge is 0.459 e. The first-order chi connectivity index (χ1) is 13.5. The zero-order valence-electron chi connectivity index (χ0n) is 17.5. The van der Waals surface area contributed by atoms with E-state index in [2.05, 4.69) is 0 Å². The van der Waals surface area contributed by atoms with Gasteiger partial charge in [0.1, 0.15) is 23.8 Å². The van der Waals surface area contributed by atoms with Crippen LogP contribution in [0.15, 0.2) is 27.4 Å². The normalized spacial score (nSPS) is 16.9. The van der Waals surface area contributed by atoms with Gasteiger partial charge in [-0.3, -0.25) is 4.90 Å². The number of rotatable bonds is 3. The van der Waals surface area contributed by atoms with Crippen molar-refractivity contribution in [1.29, 1.82) is 0 Å². The average Bonchev–Trinajstić information content (AvgIpc) is 3.09. The Kier molecular flexibility index (Phi) is 5.68. The van der Waals surface area contributed by atoms with E-state index in [0.717, 1.165) is 16.5 Å². The van der Waals surface area contributed by atoms with Crippen LogP contribution in [0, 0.1) is 13.8 Å². The van der Waals surface area contributed by atoms with Crippen molar-refractivity contribution < 1.29 is 23.5 Å². The highest BCUT2D eigenvalue weighted by molar-refractivity contribution is 5.84. The maximum Gasteiger partial charge on any atom is 0.411 e. The minimum absolute atomic E-state index is 0.0674. The van der Waals surface area contributed by atoms with E-state index in [1.165, 1.54) is 11.0 Å². The molecule has 1 aliphatic heterocycles. The van der Waals surface area contributed by atoms with Crippen LogP contribution in [0.4, 0.5) is 4.79 Å². The number of benzene rings is 1. The van der Waals surface area contributed by atoms with E-state index < -0.39 is 29.3 Å². The van der Waals surface area contributed by atoms with Crippen molar-refractivity contribution in [2.24, 2.45) is 0 Å². The van der Waals surface area contributed by atoms with Crippen molar-refractivity contribution in [3.05, 3.63) is 45.3 Å². The van der Waals surface area contributed by atoms with E-state index in [-0.39, 0.29) is 6.61 Å². The van der Waals surface area contributed by atoms with Crippen molar-refractivity contribution in [2.45, 2.75) is 65.7 Å². The summed E-state index contributed by atoms with van der Waals surface area (Å²) in [7, 11) is 0. The molecule has 1 aliphatic rings. The van der Waals surface area contributed by atoms with Gasteiger partial charge in [-0.05, 0) is 70.7 Å². The van der Waals surface area contributed by atoms with Gasteiger partial charge in [-0.1, -0.05) is 0 Å². The lowest BCUT2D eigenvalue weighted by molar-refractivity contribution is -0.150. The monoisotopic (exact) mass is 401 g/mol. The zero-order chi connectivity index (χ0) is 21.3. The molecule has 7 heteroatoms. The minimum atomic E-state index is -0.680. The first-order valence-corrected chi connectivity index (χ1v) is 9.75. The molecule has 0 N–H and O–H groups in total. The summed E-state index contributed by atoms with van der Waals surface area (Å²) in [5.74, 6) is -0.501. The number of carbonyl (C=O) groups is 2. The molecular formula is C22H27NO6. The number of fused-ring (bicyclic) bond motifs is 1. The van der Waals surface area contributed by atoms with E-state index >= 15 is 0 Å². The Morgan fingerprint density at radius 1 is 1.17 bits per heavy atom. The Morgan fingerprint density at radius 3 is 2.55 bits per heavy atom. The number of hydrogen-bond donors (Lipinski definition) is 0. The van der Waals surface area contributed by atoms with Crippen LogP contribution in [0.2, 0.25) is 0 Å². The van der Waals surface area contributed by atoms with Crippen molar-refractivity contribution in [3.63, 3.8) is 0 Å². The Morgan fingerprint density at radius 2 is 1.86 bits per heavy atom. The van der Waals surface area contributed by atoms with Gasteiger partial charge < -0.3 is 13.9 Å². The van der Waals surface area contributed by atoms with Crippen LogP contribution in [0.25, 0.3) is 11.0 Å². The number of likely N-dealkylation sites (tertiary alicyclic amines) is 1. The summed E-state index contributed by atoms with van der Waals surface area (Å²) in [5, 5.41) is 0.732.